The number of para-hydroxylation sites is 3. The molecule has 0 aliphatic carbocycles. The van der Waals surface area contributed by atoms with Crippen LogP contribution in [-0.2, 0) is 0 Å². The fraction of sp³-hybridized carbons (Fsp3) is 0.0196. The zero-order chi connectivity index (χ0) is 37.7. The van der Waals surface area contributed by atoms with Gasteiger partial charge in [-0.15, -0.1) is 0 Å². The second-order valence-electron chi connectivity index (χ2n) is 14.2. The first-order valence-corrected chi connectivity index (χ1v) is 19.1. The summed E-state index contributed by atoms with van der Waals surface area (Å²) in [5.74, 6) is 1.43. The molecule has 270 valence electrons. The fourth-order valence-corrected chi connectivity index (χ4v) is 8.03. The van der Waals surface area contributed by atoms with Gasteiger partial charge in [0.25, 0.3) is 0 Å². The second-order valence-corrected chi connectivity index (χ2v) is 14.2. The highest BCUT2D eigenvalue weighted by atomic mass is 16.3. The molecule has 0 amide bonds. The highest BCUT2D eigenvalue weighted by molar-refractivity contribution is 6.23. The molecule has 2 aromatic heterocycles. The number of nitrogens with zero attached hydrogens (tertiary/aromatic N) is 3. The summed E-state index contributed by atoms with van der Waals surface area (Å²) in [5.41, 5.74) is 11.5. The number of hydrogen-bond acceptors (Lipinski definition) is 6. The Balaban J connectivity index is 1.02. The highest BCUT2D eigenvalue weighted by Gasteiger charge is 2.25. The largest absolute Gasteiger partial charge is 0.456 e. The lowest BCUT2D eigenvalue weighted by Gasteiger charge is -2.25. The van der Waals surface area contributed by atoms with E-state index in [2.05, 4.69) is 138 Å². The Hall–Kier alpha value is -7.70. The molecule has 1 N–H and O–H groups in total. The topological polar surface area (TPSA) is 66.3 Å². The van der Waals surface area contributed by atoms with Crippen LogP contribution in [-0.4, -0.2) is 11.7 Å². The van der Waals surface area contributed by atoms with Crippen LogP contribution in [0.15, 0.2) is 213 Å². The zero-order valence-corrected chi connectivity index (χ0v) is 30.7. The van der Waals surface area contributed by atoms with E-state index in [1.54, 1.807) is 0 Å². The highest BCUT2D eigenvalue weighted by Crippen LogP contribution is 2.42. The van der Waals surface area contributed by atoms with Crippen molar-refractivity contribution in [3.63, 3.8) is 0 Å². The van der Waals surface area contributed by atoms with Crippen molar-refractivity contribution in [3.8, 4) is 11.1 Å². The summed E-state index contributed by atoms with van der Waals surface area (Å²) in [6.07, 6.45) is -0.311. The predicted octanol–water partition coefficient (Wildman–Crippen LogP) is 13.1. The summed E-state index contributed by atoms with van der Waals surface area (Å²) in [4.78, 5) is 12.5. The molecular weight excluding hydrogens is 701 g/mol. The molecule has 1 aliphatic heterocycles. The van der Waals surface area contributed by atoms with Crippen LogP contribution in [0.3, 0.4) is 0 Å². The molecule has 0 bridgehead atoms. The third-order valence-corrected chi connectivity index (χ3v) is 10.7. The number of benzene rings is 8. The summed E-state index contributed by atoms with van der Waals surface area (Å²) in [6.45, 7) is 0. The Bertz CT molecular complexity index is 3150. The van der Waals surface area contributed by atoms with E-state index >= 15 is 0 Å². The van der Waals surface area contributed by atoms with Crippen LogP contribution >= 0.6 is 0 Å². The number of rotatable bonds is 7. The van der Waals surface area contributed by atoms with E-state index in [9.17, 15) is 0 Å². The Morgan fingerprint density at radius 2 is 1.05 bits per heavy atom. The Kier molecular flexibility index (Phi) is 7.78. The summed E-state index contributed by atoms with van der Waals surface area (Å²) < 4.78 is 13.1. The third kappa shape index (κ3) is 5.74. The fourth-order valence-electron chi connectivity index (χ4n) is 8.03. The number of amidine groups is 2. The molecule has 8 aromatic carbocycles. The number of anilines is 3. The van der Waals surface area contributed by atoms with E-state index in [0.717, 1.165) is 94.6 Å². The Morgan fingerprint density at radius 1 is 0.456 bits per heavy atom. The van der Waals surface area contributed by atoms with Gasteiger partial charge in [0.15, 0.2) is 5.84 Å². The minimum Gasteiger partial charge on any atom is -0.456 e. The molecule has 3 heterocycles. The zero-order valence-electron chi connectivity index (χ0n) is 30.7. The standard InChI is InChI=1S/C51H34N4O2/c1-4-14-34(15-5-1)49-52-50(35-16-6-2-7-17-35)54-51(53-49)43-31-30-39(48-47(43)42-21-11-13-23-45(42)57-48)33-24-26-37(27-25-33)55(36-18-8-3-9-19-36)38-28-29-41-40-20-10-12-22-44(40)56-46(41)32-38/h1-32,49H,(H,52,53,54). The molecule has 57 heavy (non-hydrogen) atoms. The predicted molar refractivity (Wildman–Crippen MR) is 233 cm³/mol. The van der Waals surface area contributed by atoms with Gasteiger partial charge in [0.2, 0.25) is 0 Å². The van der Waals surface area contributed by atoms with Gasteiger partial charge in [0.05, 0.1) is 0 Å². The molecule has 6 heteroatoms. The molecule has 0 saturated heterocycles. The lowest BCUT2D eigenvalue weighted by Crippen LogP contribution is -2.33. The third-order valence-electron chi connectivity index (χ3n) is 10.7. The van der Waals surface area contributed by atoms with Crippen molar-refractivity contribution < 1.29 is 8.83 Å². The van der Waals surface area contributed by atoms with E-state index in [0.29, 0.717) is 5.84 Å². The van der Waals surface area contributed by atoms with Gasteiger partial charge in [-0.25, -0.2) is 9.98 Å². The maximum absolute atomic E-state index is 6.74. The van der Waals surface area contributed by atoms with Gasteiger partial charge in [0, 0.05) is 61.4 Å². The van der Waals surface area contributed by atoms with Gasteiger partial charge in [-0.1, -0.05) is 127 Å². The van der Waals surface area contributed by atoms with Crippen molar-refractivity contribution in [2.45, 2.75) is 6.17 Å². The molecule has 0 spiro atoms. The van der Waals surface area contributed by atoms with Gasteiger partial charge >= 0.3 is 0 Å². The quantitative estimate of drug-likeness (QED) is 0.177. The summed E-state index contributed by atoms with van der Waals surface area (Å²) in [7, 11) is 0. The van der Waals surface area contributed by atoms with Crippen LogP contribution in [0, 0.1) is 0 Å². The molecule has 1 unspecified atom stereocenters. The minimum absolute atomic E-state index is 0.311. The summed E-state index contributed by atoms with van der Waals surface area (Å²) >= 11 is 0. The molecule has 11 rings (SSSR count). The first kappa shape index (κ1) is 32.7. The number of furan rings is 2. The normalized spacial score (nSPS) is 14.1. The van der Waals surface area contributed by atoms with Crippen molar-refractivity contribution in [2.24, 2.45) is 9.98 Å². The molecule has 0 radical (unpaired) electrons. The molecular formula is C51H34N4O2. The van der Waals surface area contributed by atoms with Crippen LogP contribution in [0.1, 0.15) is 22.9 Å². The van der Waals surface area contributed by atoms with Crippen LogP contribution in [0.4, 0.5) is 17.1 Å². The van der Waals surface area contributed by atoms with Crippen molar-refractivity contribution in [2.75, 3.05) is 4.90 Å². The molecule has 1 aliphatic rings. The van der Waals surface area contributed by atoms with E-state index in [1.165, 1.54) is 0 Å². The smallest absolute Gasteiger partial charge is 0.159 e. The number of fused-ring (bicyclic) bond motifs is 6. The molecule has 6 nitrogen and oxygen atoms in total. The summed E-state index contributed by atoms with van der Waals surface area (Å²) in [5, 5.41) is 7.92. The first-order valence-electron chi connectivity index (χ1n) is 19.1. The lowest BCUT2D eigenvalue weighted by atomic mass is 9.97. The molecule has 0 fully saturated rings. The number of hydrogen-bond donors (Lipinski definition) is 1. The van der Waals surface area contributed by atoms with E-state index in [-0.39, 0.29) is 6.17 Å². The van der Waals surface area contributed by atoms with Crippen molar-refractivity contribution in [3.05, 3.63) is 211 Å². The van der Waals surface area contributed by atoms with E-state index in [4.69, 9.17) is 18.8 Å². The minimum atomic E-state index is -0.311. The van der Waals surface area contributed by atoms with E-state index < -0.39 is 0 Å². The van der Waals surface area contributed by atoms with Crippen molar-refractivity contribution >= 4 is 72.6 Å². The average molecular weight is 735 g/mol. The van der Waals surface area contributed by atoms with Gasteiger partial charge in [-0.2, -0.15) is 0 Å². The lowest BCUT2D eigenvalue weighted by molar-refractivity contribution is 0.668. The molecule has 0 saturated carbocycles. The number of nitrogens with one attached hydrogen (secondary N) is 1. The van der Waals surface area contributed by atoms with Gasteiger partial charge in [0.1, 0.15) is 34.3 Å². The monoisotopic (exact) mass is 734 g/mol. The number of aliphatic imine (C=N–C) groups is 2. The van der Waals surface area contributed by atoms with Crippen LogP contribution < -0.4 is 10.2 Å². The van der Waals surface area contributed by atoms with Crippen LogP contribution in [0.25, 0.3) is 55.0 Å². The van der Waals surface area contributed by atoms with Crippen LogP contribution in [0.5, 0.6) is 0 Å². The molecule has 1 atom stereocenters. The Morgan fingerprint density at radius 3 is 1.82 bits per heavy atom. The SMILES string of the molecule is c1ccc(C2=NC(c3ccccc3)NC(c3ccc(-c4ccc(N(c5ccccc5)c5ccc6c(c5)oc5ccccc56)cc4)c4oc5ccccc5c34)=N2)cc1. The maximum atomic E-state index is 6.74. The van der Waals surface area contributed by atoms with Crippen molar-refractivity contribution in [1.29, 1.82) is 0 Å². The van der Waals surface area contributed by atoms with Crippen molar-refractivity contribution in [1.82, 2.24) is 5.32 Å². The van der Waals surface area contributed by atoms with Crippen LogP contribution in [0.2, 0.25) is 0 Å². The van der Waals surface area contributed by atoms with Gasteiger partial charge in [-0.3, -0.25) is 0 Å². The summed E-state index contributed by atoms with van der Waals surface area (Å²) in [6, 6.07) is 66.8. The van der Waals surface area contributed by atoms with Gasteiger partial charge in [-0.05, 0) is 71.8 Å². The van der Waals surface area contributed by atoms with Gasteiger partial charge < -0.3 is 19.1 Å². The van der Waals surface area contributed by atoms with E-state index in [1.807, 2.05) is 66.7 Å². The average Bonchev–Trinajstić information content (AvgIpc) is 3.86. The first-order chi connectivity index (χ1) is 28.2. The Labute approximate surface area is 328 Å². The maximum Gasteiger partial charge on any atom is 0.159 e. The second kappa shape index (κ2) is 13.6. The molecule has 10 aromatic rings.